The van der Waals surface area contributed by atoms with Gasteiger partial charge in [-0.3, -0.25) is 4.79 Å². The monoisotopic (exact) mass is 418 g/mol. The van der Waals surface area contributed by atoms with Gasteiger partial charge in [-0.1, -0.05) is 41.9 Å². The van der Waals surface area contributed by atoms with Crippen LogP contribution in [0.4, 0.5) is 0 Å². The molecule has 3 aromatic rings. The van der Waals surface area contributed by atoms with Gasteiger partial charge in [-0.15, -0.1) is 0 Å². The van der Waals surface area contributed by atoms with Gasteiger partial charge in [-0.25, -0.2) is 12.7 Å². The van der Waals surface area contributed by atoms with Crippen molar-refractivity contribution in [2.24, 2.45) is 0 Å². The van der Waals surface area contributed by atoms with Gasteiger partial charge in [-0.05, 0) is 35.9 Å². The molecule has 6 nitrogen and oxygen atoms in total. The van der Waals surface area contributed by atoms with Crippen LogP contribution in [-0.4, -0.2) is 32.7 Å². The summed E-state index contributed by atoms with van der Waals surface area (Å²) >= 11 is 6.15. The maximum absolute atomic E-state index is 12.4. The number of furan rings is 1. The Morgan fingerprint density at radius 3 is 2.43 bits per heavy atom. The molecule has 8 heteroatoms. The standard InChI is InChI=1S/C20H19ClN2O4S/c1-23(2)28(25,26)19-10-6-3-7-14(19)13-22-20(24)18-12-11-17(27-18)15-8-4-5-9-16(15)21/h3-12H,13H2,1-2H3,(H,22,24). The zero-order valence-corrected chi connectivity index (χ0v) is 16.9. The first-order chi connectivity index (χ1) is 13.3. The molecule has 0 saturated heterocycles. The van der Waals surface area contributed by atoms with E-state index in [0.29, 0.717) is 21.9 Å². The Bertz CT molecular complexity index is 1110. The van der Waals surface area contributed by atoms with E-state index >= 15 is 0 Å². The number of amides is 1. The van der Waals surface area contributed by atoms with E-state index in [9.17, 15) is 13.2 Å². The van der Waals surface area contributed by atoms with Crippen LogP contribution in [-0.2, 0) is 16.6 Å². The lowest BCUT2D eigenvalue weighted by Crippen LogP contribution is -2.26. The molecule has 0 spiro atoms. The fourth-order valence-corrected chi connectivity index (χ4v) is 3.97. The molecule has 0 fully saturated rings. The maximum Gasteiger partial charge on any atom is 0.287 e. The van der Waals surface area contributed by atoms with Crippen molar-refractivity contribution >= 4 is 27.5 Å². The lowest BCUT2D eigenvalue weighted by Gasteiger charge is -2.15. The molecule has 0 saturated carbocycles. The molecule has 0 aliphatic heterocycles. The third-order valence-corrected chi connectivity index (χ3v) is 6.38. The minimum absolute atomic E-state index is 0.0458. The van der Waals surface area contributed by atoms with E-state index in [-0.39, 0.29) is 17.2 Å². The number of benzene rings is 2. The largest absolute Gasteiger partial charge is 0.451 e. The molecule has 0 atom stereocenters. The number of nitrogens with one attached hydrogen (secondary N) is 1. The fraction of sp³-hybridized carbons (Fsp3) is 0.150. The topological polar surface area (TPSA) is 79.6 Å². The summed E-state index contributed by atoms with van der Waals surface area (Å²) in [7, 11) is -0.689. The maximum atomic E-state index is 12.4. The SMILES string of the molecule is CN(C)S(=O)(=O)c1ccccc1CNC(=O)c1ccc(-c2ccccc2Cl)o1. The van der Waals surface area contributed by atoms with Gasteiger partial charge in [0.2, 0.25) is 10.0 Å². The van der Waals surface area contributed by atoms with Crippen molar-refractivity contribution in [3.05, 3.63) is 77.0 Å². The molecule has 0 radical (unpaired) electrons. The molecule has 146 valence electrons. The Hall–Kier alpha value is -2.61. The van der Waals surface area contributed by atoms with Crippen molar-refractivity contribution in [1.29, 1.82) is 0 Å². The summed E-state index contributed by atoms with van der Waals surface area (Å²) in [6.07, 6.45) is 0. The van der Waals surface area contributed by atoms with Crippen molar-refractivity contribution < 1.29 is 17.6 Å². The van der Waals surface area contributed by atoms with Crippen LogP contribution in [0.3, 0.4) is 0 Å². The van der Waals surface area contributed by atoms with E-state index in [1.54, 1.807) is 42.5 Å². The van der Waals surface area contributed by atoms with Crippen LogP contribution in [0.1, 0.15) is 16.1 Å². The highest BCUT2D eigenvalue weighted by atomic mass is 35.5. The Morgan fingerprint density at radius 2 is 1.71 bits per heavy atom. The Labute approximate surface area is 168 Å². The molecular formula is C20H19ClN2O4S. The molecule has 2 aromatic carbocycles. The van der Waals surface area contributed by atoms with Crippen LogP contribution >= 0.6 is 11.6 Å². The van der Waals surface area contributed by atoms with Crippen LogP contribution in [0.15, 0.2) is 70.0 Å². The fourth-order valence-electron chi connectivity index (χ4n) is 2.63. The summed E-state index contributed by atoms with van der Waals surface area (Å²) in [5.41, 5.74) is 1.17. The minimum Gasteiger partial charge on any atom is -0.451 e. The lowest BCUT2D eigenvalue weighted by atomic mass is 10.2. The van der Waals surface area contributed by atoms with Crippen LogP contribution in [0.5, 0.6) is 0 Å². The molecule has 0 aliphatic rings. The highest BCUT2D eigenvalue weighted by Gasteiger charge is 2.21. The number of nitrogens with zero attached hydrogens (tertiary/aromatic N) is 1. The van der Waals surface area contributed by atoms with E-state index in [2.05, 4.69) is 5.32 Å². The molecule has 3 rings (SSSR count). The molecule has 1 heterocycles. The predicted molar refractivity (Wildman–Crippen MR) is 108 cm³/mol. The Kier molecular flexibility index (Phi) is 5.88. The van der Waals surface area contributed by atoms with Gasteiger partial charge >= 0.3 is 0 Å². The van der Waals surface area contributed by atoms with Crippen LogP contribution in [0.25, 0.3) is 11.3 Å². The molecule has 1 N–H and O–H groups in total. The number of halogens is 1. The van der Waals surface area contributed by atoms with E-state index in [1.165, 1.54) is 20.2 Å². The summed E-state index contributed by atoms with van der Waals surface area (Å²) in [6, 6.07) is 16.9. The first kappa shape index (κ1) is 20.1. The lowest BCUT2D eigenvalue weighted by molar-refractivity contribution is 0.0923. The van der Waals surface area contributed by atoms with Crippen molar-refractivity contribution in [2.75, 3.05) is 14.1 Å². The summed E-state index contributed by atoms with van der Waals surface area (Å²) in [6.45, 7) is 0.0458. The average molecular weight is 419 g/mol. The van der Waals surface area contributed by atoms with Gasteiger partial charge in [0.05, 0.1) is 9.92 Å². The van der Waals surface area contributed by atoms with Crippen LogP contribution in [0.2, 0.25) is 5.02 Å². The molecule has 1 aromatic heterocycles. The van der Waals surface area contributed by atoms with Crippen molar-refractivity contribution in [3.63, 3.8) is 0 Å². The number of carbonyl (C=O) groups excluding carboxylic acids is 1. The molecule has 28 heavy (non-hydrogen) atoms. The molecule has 1 amide bonds. The van der Waals surface area contributed by atoms with Gasteiger partial charge in [0.15, 0.2) is 5.76 Å². The predicted octanol–water partition coefficient (Wildman–Crippen LogP) is 3.78. The highest BCUT2D eigenvalue weighted by molar-refractivity contribution is 7.89. The van der Waals surface area contributed by atoms with Gasteiger partial charge in [0.1, 0.15) is 5.76 Å². The summed E-state index contributed by atoms with van der Waals surface area (Å²) in [5, 5.41) is 3.22. The van der Waals surface area contributed by atoms with Crippen molar-refractivity contribution in [3.8, 4) is 11.3 Å². The summed E-state index contributed by atoms with van der Waals surface area (Å²) in [4.78, 5) is 12.6. The van der Waals surface area contributed by atoms with Crippen molar-refractivity contribution in [1.82, 2.24) is 9.62 Å². The number of carbonyl (C=O) groups is 1. The number of hydrogen-bond acceptors (Lipinski definition) is 4. The summed E-state index contributed by atoms with van der Waals surface area (Å²) < 4.78 is 31.6. The number of rotatable bonds is 6. The molecular weight excluding hydrogens is 400 g/mol. The van der Waals surface area contributed by atoms with Gasteiger partial charge < -0.3 is 9.73 Å². The minimum atomic E-state index is -3.61. The number of hydrogen-bond donors (Lipinski definition) is 1. The molecule has 0 unspecified atom stereocenters. The van der Waals surface area contributed by atoms with Gasteiger partial charge in [0, 0.05) is 26.2 Å². The van der Waals surface area contributed by atoms with E-state index in [4.69, 9.17) is 16.0 Å². The van der Waals surface area contributed by atoms with E-state index < -0.39 is 15.9 Å². The van der Waals surface area contributed by atoms with Crippen molar-refractivity contribution in [2.45, 2.75) is 11.4 Å². The first-order valence-corrected chi connectivity index (χ1v) is 10.3. The molecule has 0 bridgehead atoms. The second kappa shape index (κ2) is 8.18. The third kappa shape index (κ3) is 4.11. The smallest absolute Gasteiger partial charge is 0.287 e. The van der Waals surface area contributed by atoms with Crippen LogP contribution in [0, 0.1) is 0 Å². The highest BCUT2D eigenvalue weighted by Crippen LogP contribution is 2.29. The quantitative estimate of drug-likeness (QED) is 0.660. The molecule has 0 aliphatic carbocycles. The van der Waals surface area contributed by atoms with Gasteiger partial charge in [-0.2, -0.15) is 0 Å². The Balaban J connectivity index is 1.77. The number of sulfonamides is 1. The zero-order valence-electron chi connectivity index (χ0n) is 15.3. The van der Waals surface area contributed by atoms with Crippen LogP contribution < -0.4 is 5.32 Å². The normalized spacial score (nSPS) is 11.6. The third-order valence-electron chi connectivity index (χ3n) is 4.14. The second-order valence-electron chi connectivity index (χ2n) is 6.22. The Morgan fingerprint density at radius 1 is 1.04 bits per heavy atom. The van der Waals surface area contributed by atoms with E-state index in [1.807, 2.05) is 12.1 Å². The van der Waals surface area contributed by atoms with E-state index in [0.717, 1.165) is 4.31 Å². The first-order valence-electron chi connectivity index (χ1n) is 8.44. The average Bonchev–Trinajstić information content (AvgIpc) is 3.16. The van der Waals surface area contributed by atoms with Gasteiger partial charge in [0.25, 0.3) is 5.91 Å². The zero-order chi connectivity index (χ0) is 20.3. The second-order valence-corrected chi connectivity index (χ2v) is 8.75. The summed E-state index contributed by atoms with van der Waals surface area (Å²) in [5.74, 6) is 0.143.